The predicted molar refractivity (Wildman–Crippen MR) is 109 cm³/mol. The second-order valence-corrected chi connectivity index (χ2v) is 8.91. The van der Waals surface area contributed by atoms with Gasteiger partial charge < -0.3 is 10.2 Å². The molecule has 3 rings (SSSR count). The van der Waals surface area contributed by atoms with Crippen molar-refractivity contribution < 1.29 is 13.2 Å². The number of nitrogens with one attached hydrogen (secondary N) is 2. The van der Waals surface area contributed by atoms with E-state index in [9.17, 15) is 13.2 Å². The number of carbonyl (C=O) groups is 1. The zero-order valence-electron chi connectivity index (χ0n) is 15.6. The lowest BCUT2D eigenvalue weighted by atomic mass is 10.1. The summed E-state index contributed by atoms with van der Waals surface area (Å²) in [6, 6.07) is 8.22. The second kappa shape index (κ2) is 8.89. The van der Waals surface area contributed by atoms with Crippen LogP contribution in [0.3, 0.4) is 0 Å². The Morgan fingerprint density at radius 2 is 1.96 bits per heavy atom. The van der Waals surface area contributed by atoms with Gasteiger partial charge in [-0.05, 0) is 50.1 Å². The molecule has 0 unspecified atom stereocenters. The van der Waals surface area contributed by atoms with Crippen molar-refractivity contribution in [2.24, 2.45) is 0 Å². The van der Waals surface area contributed by atoms with Crippen LogP contribution in [-0.2, 0) is 16.6 Å². The van der Waals surface area contributed by atoms with Crippen LogP contribution in [0.25, 0.3) is 0 Å². The minimum Gasteiger partial charge on any atom is -0.365 e. The van der Waals surface area contributed by atoms with Crippen LogP contribution < -0.4 is 10.0 Å². The quantitative estimate of drug-likeness (QED) is 0.746. The molecule has 1 aliphatic heterocycles. The Balaban J connectivity index is 1.69. The van der Waals surface area contributed by atoms with Gasteiger partial charge in [0.25, 0.3) is 5.91 Å². The lowest BCUT2D eigenvalue weighted by Gasteiger charge is -2.26. The molecule has 1 aromatic heterocycles. The first kappa shape index (κ1) is 20.6. The summed E-state index contributed by atoms with van der Waals surface area (Å²) in [6.07, 6.45) is 4.72. The summed E-state index contributed by atoms with van der Waals surface area (Å²) in [5, 5.41) is 3.44. The number of piperidine rings is 1. The average molecular weight is 423 g/mol. The summed E-state index contributed by atoms with van der Waals surface area (Å²) in [6.45, 7) is 1.88. The van der Waals surface area contributed by atoms with Gasteiger partial charge in [0.1, 0.15) is 5.82 Å². The molecule has 1 aromatic carbocycles. The summed E-state index contributed by atoms with van der Waals surface area (Å²) >= 11 is 6.30. The zero-order valence-corrected chi connectivity index (χ0v) is 17.2. The van der Waals surface area contributed by atoms with E-state index in [0.717, 1.165) is 37.9 Å². The van der Waals surface area contributed by atoms with Gasteiger partial charge in [-0.15, -0.1) is 0 Å². The average Bonchev–Trinajstić information content (AvgIpc) is 2.73. The van der Waals surface area contributed by atoms with E-state index in [1.54, 1.807) is 18.2 Å². The van der Waals surface area contributed by atoms with Crippen molar-refractivity contribution in [2.75, 3.05) is 25.5 Å². The summed E-state index contributed by atoms with van der Waals surface area (Å²) in [4.78, 5) is 18.8. The number of amides is 1. The highest BCUT2D eigenvalue weighted by Crippen LogP contribution is 2.23. The van der Waals surface area contributed by atoms with Gasteiger partial charge in [-0.3, -0.25) is 4.79 Å². The Kier molecular flexibility index (Phi) is 6.53. The smallest absolute Gasteiger partial charge is 0.255 e. The molecule has 0 radical (unpaired) electrons. The molecule has 1 fully saturated rings. The molecular formula is C19H23ClN4O3S. The maximum absolute atomic E-state index is 12.5. The third kappa shape index (κ3) is 4.81. The summed E-state index contributed by atoms with van der Waals surface area (Å²) in [7, 11) is -2.13. The largest absolute Gasteiger partial charge is 0.365 e. The number of halogens is 1. The lowest BCUT2D eigenvalue weighted by molar-refractivity contribution is 0.0724. The highest BCUT2D eigenvalue weighted by molar-refractivity contribution is 7.89. The van der Waals surface area contributed by atoms with Crippen molar-refractivity contribution in [2.45, 2.75) is 30.7 Å². The van der Waals surface area contributed by atoms with Crippen molar-refractivity contribution in [3.63, 3.8) is 0 Å². The van der Waals surface area contributed by atoms with Crippen molar-refractivity contribution in [3.05, 3.63) is 52.7 Å². The maximum Gasteiger partial charge on any atom is 0.255 e. The maximum atomic E-state index is 12.5. The number of benzene rings is 1. The number of sulfonamides is 1. The van der Waals surface area contributed by atoms with E-state index in [2.05, 4.69) is 15.0 Å². The molecule has 28 heavy (non-hydrogen) atoms. The topological polar surface area (TPSA) is 91.4 Å². The van der Waals surface area contributed by atoms with Crippen LogP contribution in [-0.4, -0.2) is 44.3 Å². The standard InChI is InChI=1S/C19H23ClN4O3S/c1-21-28(26,27)16-7-5-6-14(10-16)12-22-18-17(20)11-15(13-23-18)19(25)24-8-3-2-4-9-24/h5-7,10-11,13,21H,2-4,8-9,12H2,1H3,(H,22,23). The lowest BCUT2D eigenvalue weighted by Crippen LogP contribution is -2.35. The van der Waals surface area contributed by atoms with Crippen LogP contribution in [0.1, 0.15) is 35.2 Å². The highest BCUT2D eigenvalue weighted by Gasteiger charge is 2.19. The van der Waals surface area contributed by atoms with Crippen molar-refractivity contribution >= 4 is 33.3 Å². The Bertz CT molecular complexity index is 959. The van der Waals surface area contributed by atoms with Gasteiger partial charge in [0.05, 0.1) is 15.5 Å². The molecule has 0 bridgehead atoms. The Morgan fingerprint density at radius 1 is 1.21 bits per heavy atom. The Hall–Kier alpha value is -2.16. The molecule has 1 aliphatic rings. The minimum atomic E-state index is -3.50. The van der Waals surface area contributed by atoms with Crippen LogP contribution >= 0.6 is 11.6 Å². The number of pyridine rings is 1. The second-order valence-electron chi connectivity index (χ2n) is 6.62. The van der Waals surface area contributed by atoms with E-state index < -0.39 is 10.0 Å². The molecule has 1 saturated heterocycles. The number of hydrogen-bond acceptors (Lipinski definition) is 5. The molecule has 0 spiro atoms. The van der Waals surface area contributed by atoms with E-state index >= 15 is 0 Å². The van der Waals surface area contributed by atoms with Gasteiger partial charge in [0.15, 0.2) is 0 Å². The van der Waals surface area contributed by atoms with Crippen LogP contribution in [0.15, 0.2) is 41.4 Å². The molecule has 1 amide bonds. The van der Waals surface area contributed by atoms with E-state index in [0.29, 0.717) is 22.9 Å². The van der Waals surface area contributed by atoms with Gasteiger partial charge in [-0.2, -0.15) is 0 Å². The third-order valence-corrected chi connectivity index (χ3v) is 6.37. The number of anilines is 1. The number of hydrogen-bond donors (Lipinski definition) is 2. The van der Waals surface area contributed by atoms with Crippen molar-refractivity contribution in [1.29, 1.82) is 0 Å². The molecule has 0 aliphatic carbocycles. The molecule has 150 valence electrons. The van der Waals surface area contributed by atoms with Gasteiger partial charge >= 0.3 is 0 Å². The fraction of sp³-hybridized carbons (Fsp3) is 0.368. The van der Waals surface area contributed by atoms with Crippen LogP contribution in [0.4, 0.5) is 5.82 Å². The number of likely N-dealkylation sites (tertiary alicyclic amines) is 1. The van der Waals surface area contributed by atoms with E-state index in [-0.39, 0.29) is 10.8 Å². The molecule has 2 heterocycles. The van der Waals surface area contributed by atoms with E-state index in [1.807, 2.05) is 11.0 Å². The van der Waals surface area contributed by atoms with Crippen LogP contribution in [0, 0.1) is 0 Å². The van der Waals surface area contributed by atoms with E-state index in [4.69, 9.17) is 11.6 Å². The molecular weight excluding hydrogens is 400 g/mol. The molecule has 0 saturated carbocycles. The number of aromatic nitrogens is 1. The molecule has 7 nitrogen and oxygen atoms in total. The van der Waals surface area contributed by atoms with Gasteiger partial charge in [-0.25, -0.2) is 18.1 Å². The summed E-state index contributed by atoms with van der Waals surface area (Å²) in [5.41, 5.74) is 1.24. The molecule has 2 aromatic rings. The first-order chi connectivity index (χ1) is 13.4. The highest BCUT2D eigenvalue weighted by atomic mass is 35.5. The first-order valence-electron chi connectivity index (χ1n) is 9.12. The first-order valence-corrected chi connectivity index (χ1v) is 11.0. The minimum absolute atomic E-state index is 0.0503. The molecule has 0 atom stereocenters. The number of nitrogens with zero attached hydrogens (tertiary/aromatic N) is 2. The van der Waals surface area contributed by atoms with Crippen LogP contribution in [0.2, 0.25) is 5.02 Å². The zero-order chi connectivity index (χ0) is 20.1. The summed E-state index contributed by atoms with van der Waals surface area (Å²) < 4.78 is 26.1. The number of carbonyl (C=O) groups excluding carboxylic acids is 1. The fourth-order valence-corrected chi connectivity index (χ4v) is 4.12. The van der Waals surface area contributed by atoms with Crippen molar-refractivity contribution in [3.8, 4) is 0 Å². The molecule has 9 heteroatoms. The Labute approximate surface area is 170 Å². The van der Waals surface area contributed by atoms with Gasteiger partial charge in [0.2, 0.25) is 10.0 Å². The fourth-order valence-electron chi connectivity index (χ4n) is 3.09. The summed E-state index contributed by atoms with van der Waals surface area (Å²) in [5.74, 6) is 0.393. The SMILES string of the molecule is CNS(=O)(=O)c1cccc(CNc2ncc(C(=O)N3CCCCC3)cc2Cl)c1. The normalized spacial score (nSPS) is 14.7. The monoisotopic (exact) mass is 422 g/mol. The third-order valence-electron chi connectivity index (χ3n) is 4.67. The predicted octanol–water partition coefficient (Wildman–Crippen LogP) is 2.88. The van der Waals surface area contributed by atoms with Gasteiger partial charge in [-0.1, -0.05) is 23.7 Å². The number of rotatable bonds is 6. The van der Waals surface area contributed by atoms with Gasteiger partial charge in [0, 0.05) is 25.8 Å². The van der Waals surface area contributed by atoms with Crippen LogP contribution in [0.5, 0.6) is 0 Å². The van der Waals surface area contributed by atoms with Crippen molar-refractivity contribution in [1.82, 2.24) is 14.6 Å². The molecule has 2 N–H and O–H groups in total. The van der Waals surface area contributed by atoms with E-state index in [1.165, 1.54) is 19.3 Å². The Morgan fingerprint density at radius 3 is 2.64 bits per heavy atom.